The number of rotatable bonds is 5. The Hall–Kier alpha value is -3.16. The summed E-state index contributed by atoms with van der Waals surface area (Å²) in [6.07, 6.45) is 1.27. The minimum absolute atomic E-state index is 0.00915. The van der Waals surface area contributed by atoms with Gasteiger partial charge in [0, 0.05) is 30.3 Å². The lowest BCUT2D eigenvalue weighted by atomic mass is 9.88. The van der Waals surface area contributed by atoms with Crippen LogP contribution in [0.15, 0.2) is 24.3 Å². The highest BCUT2D eigenvalue weighted by atomic mass is 16.5. The van der Waals surface area contributed by atoms with E-state index in [1.54, 1.807) is 18.2 Å². The largest absolute Gasteiger partial charge is 0.482 e. The summed E-state index contributed by atoms with van der Waals surface area (Å²) in [7, 11) is 0. The normalized spacial score (nSPS) is 17.5. The average molecular weight is 425 g/mol. The zero-order chi connectivity index (χ0) is 22.1. The molecule has 1 N–H and O–H groups in total. The van der Waals surface area contributed by atoms with E-state index in [9.17, 15) is 14.4 Å². The molecule has 31 heavy (non-hydrogen) atoms. The summed E-state index contributed by atoms with van der Waals surface area (Å²) in [5, 5.41) is 7.19. The second-order valence-electron chi connectivity index (χ2n) is 8.52. The predicted molar refractivity (Wildman–Crippen MR) is 115 cm³/mol. The van der Waals surface area contributed by atoms with Crippen molar-refractivity contribution in [3.05, 3.63) is 41.2 Å². The van der Waals surface area contributed by atoms with E-state index in [1.807, 2.05) is 36.4 Å². The molecule has 0 radical (unpaired) electrons. The van der Waals surface area contributed by atoms with Crippen LogP contribution in [0.3, 0.4) is 0 Å². The lowest BCUT2D eigenvalue weighted by Gasteiger charge is -2.33. The molecule has 2 aliphatic rings. The lowest BCUT2D eigenvalue weighted by Crippen LogP contribution is -2.43. The molecule has 0 aliphatic carbocycles. The van der Waals surface area contributed by atoms with Gasteiger partial charge in [-0.2, -0.15) is 5.10 Å². The number of Topliss-reactive ketones (excluding diaryl/α,β-unsaturated/α-hetero) is 1. The van der Waals surface area contributed by atoms with E-state index in [0.29, 0.717) is 49.5 Å². The molecule has 2 aliphatic heterocycles. The van der Waals surface area contributed by atoms with Gasteiger partial charge >= 0.3 is 0 Å². The molecule has 0 saturated carbocycles. The van der Waals surface area contributed by atoms with Crippen molar-refractivity contribution in [2.45, 2.75) is 40.2 Å². The fourth-order valence-electron chi connectivity index (χ4n) is 4.34. The van der Waals surface area contributed by atoms with Crippen LogP contribution in [-0.2, 0) is 16.1 Å². The first-order chi connectivity index (χ1) is 14.8. The molecule has 1 atom stereocenters. The van der Waals surface area contributed by atoms with Crippen LogP contribution in [0.5, 0.6) is 5.75 Å². The van der Waals surface area contributed by atoms with E-state index >= 15 is 0 Å². The highest BCUT2D eigenvalue weighted by Crippen LogP contribution is 2.31. The minimum Gasteiger partial charge on any atom is -0.482 e. The fraction of sp³-hybridized carbons (Fsp3) is 0.478. The number of hydrogen-bond donors (Lipinski definition) is 1. The summed E-state index contributed by atoms with van der Waals surface area (Å²) in [4.78, 5) is 39.3. The lowest BCUT2D eigenvalue weighted by molar-refractivity contribution is -0.136. The van der Waals surface area contributed by atoms with Crippen molar-refractivity contribution in [2.75, 3.05) is 25.0 Å². The predicted octanol–water partition coefficient (Wildman–Crippen LogP) is 2.59. The van der Waals surface area contributed by atoms with Crippen molar-refractivity contribution in [2.24, 2.45) is 11.8 Å². The maximum Gasteiger partial charge on any atom is 0.262 e. The second-order valence-corrected chi connectivity index (χ2v) is 8.52. The highest BCUT2D eigenvalue weighted by molar-refractivity contribution is 6.01. The van der Waals surface area contributed by atoms with Gasteiger partial charge in [0.05, 0.1) is 23.8 Å². The van der Waals surface area contributed by atoms with Gasteiger partial charge in [0.2, 0.25) is 5.91 Å². The van der Waals surface area contributed by atoms with Crippen molar-refractivity contribution >= 4 is 23.3 Å². The van der Waals surface area contributed by atoms with E-state index in [2.05, 4.69) is 10.4 Å². The molecule has 8 heteroatoms. The van der Waals surface area contributed by atoms with Crippen molar-refractivity contribution in [3.8, 4) is 5.75 Å². The van der Waals surface area contributed by atoms with Gasteiger partial charge < -0.3 is 15.0 Å². The first-order valence-corrected chi connectivity index (χ1v) is 10.7. The van der Waals surface area contributed by atoms with Crippen LogP contribution in [0, 0.1) is 25.7 Å². The summed E-state index contributed by atoms with van der Waals surface area (Å²) < 4.78 is 7.24. The van der Waals surface area contributed by atoms with Gasteiger partial charge in [0.15, 0.2) is 12.4 Å². The van der Waals surface area contributed by atoms with Gasteiger partial charge in [-0.3, -0.25) is 19.1 Å². The first-order valence-electron chi connectivity index (χ1n) is 10.7. The molecule has 2 amide bonds. The Morgan fingerprint density at radius 2 is 1.97 bits per heavy atom. The van der Waals surface area contributed by atoms with Crippen molar-refractivity contribution in [3.63, 3.8) is 0 Å². The molecule has 1 fully saturated rings. The molecule has 0 bridgehead atoms. The molecule has 4 rings (SSSR count). The smallest absolute Gasteiger partial charge is 0.262 e. The number of nitrogens with one attached hydrogen (secondary N) is 1. The van der Waals surface area contributed by atoms with E-state index in [-0.39, 0.29) is 36.0 Å². The molecule has 1 saturated heterocycles. The van der Waals surface area contributed by atoms with E-state index < -0.39 is 0 Å². The number of amides is 2. The van der Waals surface area contributed by atoms with Gasteiger partial charge in [0.25, 0.3) is 5.91 Å². The number of anilines is 1. The van der Waals surface area contributed by atoms with Gasteiger partial charge in [-0.25, -0.2) is 0 Å². The Morgan fingerprint density at radius 3 is 2.65 bits per heavy atom. The molecule has 0 spiro atoms. The maximum atomic E-state index is 13.0. The summed E-state index contributed by atoms with van der Waals surface area (Å²) in [5.74, 6) is 0.201. The highest BCUT2D eigenvalue weighted by Gasteiger charge is 2.30. The quantitative estimate of drug-likeness (QED) is 0.745. The molecule has 8 nitrogen and oxygen atoms in total. The third-order valence-corrected chi connectivity index (χ3v) is 6.05. The standard InChI is InChI=1S/C23H28N4O4/c1-14(12-27-16(3)10-15(2)25-27)23(30)26-8-6-17(7-9-26)22(29)18-4-5-20-19(11-18)24-21(28)13-31-20/h4-5,10-11,14,17H,6-9,12-13H2,1-3H3,(H,24,28). The molecule has 1 unspecified atom stereocenters. The zero-order valence-corrected chi connectivity index (χ0v) is 18.2. The number of piperidine rings is 1. The van der Waals surface area contributed by atoms with Gasteiger partial charge in [-0.15, -0.1) is 0 Å². The van der Waals surface area contributed by atoms with Crippen molar-refractivity contribution in [1.82, 2.24) is 14.7 Å². The van der Waals surface area contributed by atoms with Crippen LogP contribution in [0.4, 0.5) is 5.69 Å². The van der Waals surface area contributed by atoms with E-state index in [1.165, 1.54) is 0 Å². The molecule has 1 aromatic heterocycles. The number of benzene rings is 1. The molecule has 2 aromatic rings. The average Bonchev–Trinajstić information content (AvgIpc) is 3.08. The first kappa shape index (κ1) is 21.1. The molecular weight excluding hydrogens is 396 g/mol. The monoisotopic (exact) mass is 424 g/mol. The number of ketones is 1. The van der Waals surface area contributed by atoms with Crippen LogP contribution >= 0.6 is 0 Å². The van der Waals surface area contributed by atoms with Crippen LogP contribution in [0.2, 0.25) is 0 Å². The summed E-state index contributed by atoms with van der Waals surface area (Å²) in [6.45, 7) is 7.56. The van der Waals surface area contributed by atoms with E-state index in [0.717, 1.165) is 11.4 Å². The Labute approximate surface area is 181 Å². The number of aromatic nitrogens is 2. The third kappa shape index (κ3) is 4.47. The number of fused-ring (bicyclic) bond motifs is 1. The molecule has 3 heterocycles. The SMILES string of the molecule is Cc1cc(C)n(CC(C)C(=O)N2CCC(C(=O)c3ccc4c(c3)NC(=O)CO4)CC2)n1. The third-order valence-electron chi connectivity index (χ3n) is 6.05. The number of nitrogens with zero attached hydrogens (tertiary/aromatic N) is 3. The van der Waals surface area contributed by atoms with Crippen molar-refractivity contribution < 1.29 is 19.1 Å². The minimum atomic E-state index is -0.224. The van der Waals surface area contributed by atoms with Crippen LogP contribution in [0.1, 0.15) is 41.5 Å². The van der Waals surface area contributed by atoms with Crippen LogP contribution in [-0.4, -0.2) is 52.0 Å². The number of ether oxygens (including phenoxy) is 1. The molecule has 164 valence electrons. The second kappa shape index (κ2) is 8.53. The summed E-state index contributed by atoms with van der Waals surface area (Å²) in [5.41, 5.74) is 3.10. The number of carbonyl (C=O) groups is 3. The van der Waals surface area contributed by atoms with Gasteiger partial charge in [0.1, 0.15) is 5.75 Å². The molecule has 1 aromatic carbocycles. The number of aryl methyl sites for hydroxylation is 2. The number of hydrogen-bond acceptors (Lipinski definition) is 5. The van der Waals surface area contributed by atoms with Gasteiger partial charge in [-0.05, 0) is 51.0 Å². The summed E-state index contributed by atoms with van der Waals surface area (Å²) in [6, 6.07) is 7.16. The molecular formula is C23H28N4O4. The number of carbonyl (C=O) groups excluding carboxylic acids is 3. The maximum absolute atomic E-state index is 13.0. The topological polar surface area (TPSA) is 93.5 Å². The van der Waals surface area contributed by atoms with Gasteiger partial charge in [-0.1, -0.05) is 6.92 Å². The Bertz CT molecular complexity index is 1020. The Balaban J connectivity index is 1.34. The summed E-state index contributed by atoms with van der Waals surface area (Å²) >= 11 is 0. The Kier molecular flexibility index (Phi) is 5.80. The zero-order valence-electron chi connectivity index (χ0n) is 18.2. The number of likely N-dealkylation sites (tertiary alicyclic amines) is 1. The van der Waals surface area contributed by atoms with Crippen LogP contribution in [0.25, 0.3) is 0 Å². The Morgan fingerprint density at radius 1 is 1.23 bits per heavy atom. The van der Waals surface area contributed by atoms with Crippen LogP contribution < -0.4 is 10.1 Å². The van der Waals surface area contributed by atoms with Crippen molar-refractivity contribution in [1.29, 1.82) is 0 Å². The van der Waals surface area contributed by atoms with E-state index in [4.69, 9.17) is 4.74 Å². The fourth-order valence-corrected chi connectivity index (χ4v) is 4.34.